The van der Waals surface area contributed by atoms with Gasteiger partial charge in [-0.05, 0) is 12.1 Å². The molecule has 1 aromatic heterocycles. The molecule has 0 saturated carbocycles. The number of rotatable bonds is 3. The monoisotopic (exact) mass is 288 g/mol. The maximum absolute atomic E-state index is 12.2. The van der Waals surface area contributed by atoms with E-state index in [0.717, 1.165) is 18.8 Å². The highest BCUT2D eigenvalue weighted by Crippen LogP contribution is 2.24. The molecule has 6 heteroatoms. The van der Waals surface area contributed by atoms with E-state index in [9.17, 15) is 9.59 Å². The van der Waals surface area contributed by atoms with Crippen molar-refractivity contribution in [3.8, 4) is 0 Å². The number of fused-ring (bicyclic) bond motifs is 1. The molecule has 0 bridgehead atoms. The lowest BCUT2D eigenvalue weighted by Gasteiger charge is -2.29. The molecule has 21 heavy (non-hydrogen) atoms. The molecular formula is C15H16N2O4. The number of aliphatic carboxylic acids is 1. The largest absolute Gasteiger partial charge is 0.481 e. The van der Waals surface area contributed by atoms with Gasteiger partial charge in [0.1, 0.15) is 0 Å². The fourth-order valence-corrected chi connectivity index (χ4v) is 2.64. The molecule has 2 heterocycles. The number of benzene rings is 1. The molecule has 6 nitrogen and oxygen atoms in total. The number of hydrogen-bond acceptors (Lipinski definition) is 4. The van der Waals surface area contributed by atoms with Crippen LogP contribution in [0.1, 0.15) is 5.69 Å². The number of anilines is 1. The van der Waals surface area contributed by atoms with E-state index in [2.05, 4.69) is 9.88 Å². The summed E-state index contributed by atoms with van der Waals surface area (Å²) in [5.74, 6) is -0.964. The van der Waals surface area contributed by atoms with Crippen LogP contribution in [0.5, 0.6) is 0 Å². The SMILES string of the molecule is O=C(O)Cc1cc(=O)c2cccc(N3CCOCC3)c2[nH]1. The smallest absolute Gasteiger partial charge is 0.309 e. The van der Waals surface area contributed by atoms with Gasteiger partial charge in [0.05, 0.1) is 30.8 Å². The van der Waals surface area contributed by atoms with Crippen molar-refractivity contribution < 1.29 is 14.6 Å². The molecule has 1 aromatic carbocycles. The number of carbonyl (C=O) groups is 1. The highest BCUT2D eigenvalue weighted by molar-refractivity contribution is 5.91. The molecule has 1 aliphatic heterocycles. The van der Waals surface area contributed by atoms with Gasteiger partial charge in [0, 0.05) is 30.2 Å². The van der Waals surface area contributed by atoms with Gasteiger partial charge in [-0.15, -0.1) is 0 Å². The topological polar surface area (TPSA) is 82.6 Å². The summed E-state index contributed by atoms with van der Waals surface area (Å²) in [7, 11) is 0. The maximum atomic E-state index is 12.2. The third-order valence-electron chi connectivity index (χ3n) is 3.59. The predicted molar refractivity (Wildman–Crippen MR) is 78.9 cm³/mol. The van der Waals surface area contributed by atoms with Crippen molar-refractivity contribution in [3.63, 3.8) is 0 Å². The molecular weight excluding hydrogens is 272 g/mol. The molecule has 0 amide bonds. The van der Waals surface area contributed by atoms with Crippen molar-refractivity contribution in [2.75, 3.05) is 31.2 Å². The molecule has 2 aromatic rings. The number of para-hydroxylation sites is 1. The Morgan fingerprint density at radius 1 is 1.33 bits per heavy atom. The second kappa shape index (κ2) is 5.57. The van der Waals surface area contributed by atoms with Gasteiger partial charge in [0.2, 0.25) is 0 Å². The van der Waals surface area contributed by atoms with Gasteiger partial charge >= 0.3 is 5.97 Å². The summed E-state index contributed by atoms with van der Waals surface area (Å²) in [6.45, 7) is 2.81. The molecule has 1 fully saturated rings. The van der Waals surface area contributed by atoms with Gasteiger partial charge in [-0.1, -0.05) is 6.07 Å². The average molecular weight is 288 g/mol. The Labute approximate surface area is 121 Å². The van der Waals surface area contributed by atoms with Crippen LogP contribution in [0.2, 0.25) is 0 Å². The van der Waals surface area contributed by atoms with E-state index >= 15 is 0 Å². The van der Waals surface area contributed by atoms with Crippen LogP contribution < -0.4 is 10.3 Å². The Bertz CT molecular complexity index is 732. The van der Waals surface area contributed by atoms with E-state index in [0.29, 0.717) is 29.8 Å². The van der Waals surface area contributed by atoms with E-state index in [1.807, 2.05) is 12.1 Å². The van der Waals surface area contributed by atoms with Crippen LogP contribution in [0.3, 0.4) is 0 Å². The van der Waals surface area contributed by atoms with E-state index < -0.39 is 5.97 Å². The molecule has 0 unspecified atom stereocenters. The second-order valence-corrected chi connectivity index (χ2v) is 5.03. The predicted octanol–water partition coefficient (Wildman–Crippen LogP) is 0.992. The number of aromatic amines is 1. The number of ether oxygens (including phenoxy) is 1. The minimum atomic E-state index is -0.964. The molecule has 2 N–H and O–H groups in total. The lowest BCUT2D eigenvalue weighted by molar-refractivity contribution is -0.136. The first-order valence-corrected chi connectivity index (χ1v) is 6.84. The fraction of sp³-hybridized carbons (Fsp3) is 0.333. The highest BCUT2D eigenvalue weighted by Gasteiger charge is 2.16. The number of hydrogen-bond donors (Lipinski definition) is 2. The Morgan fingerprint density at radius 3 is 2.81 bits per heavy atom. The average Bonchev–Trinajstić information content (AvgIpc) is 2.47. The summed E-state index contributed by atoms with van der Waals surface area (Å²) in [6.07, 6.45) is -0.192. The standard InChI is InChI=1S/C15H16N2O4/c18-13-8-10(9-14(19)20)16-15-11(13)2-1-3-12(15)17-4-6-21-7-5-17/h1-3,8H,4-7,9H2,(H,16,18)(H,19,20). The molecule has 110 valence electrons. The number of nitrogens with one attached hydrogen (secondary N) is 1. The van der Waals surface area contributed by atoms with Crippen molar-refractivity contribution in [2.45, 2.75) is 6.42 Å². The number of carboxylic acid groups (broad SMARTS) is 1. The summed E-state index contributed by atoms with van der Waals surface area (Å²) < 4.78 is 5.34. The third kappa shape index (κ3) is 2.75. The quantitative estimate of drug-likeness (QED) is 0.880. The Balaban J connectivity index is 2.13. The van der Waals surface area contributed by atoms with Crippen LogP contribution in [0.25, 0.3) is 10.9 Å². The van der Waals surface area contributed by atoms with Gasteiger partial charge in [-0.3, -0.25) is 9.59 Å². The number of H-pyrrole nitrogens is 1. The number of aromatic nitrogens is 1. The molecule has 3 rings (SSSR count). The fourth-order valence-electron chi connectivity index (χ4n) is 2.64. The van der Waals surface area contributed by atoms with Gasteiger partial charge in [0.15, 0.2) is 5.43 Å². The minimum Gasteiger partial charge on any atom is -0.481 e. The zero-order chi connectivity index (χ0) is 14.8. The first-order valence-electron chi connectivity index (χ1n) is 6.84. The lowest BCUT2D eigenvalue weighted by Crippen LogP contribution is -2.36. The van der Waals surface area contributed by atoms with Crippen LogP contribution in [0, 0.1) is 0 Å². The summed E-state index contributed by atoms with van der Waals surface area (Å²) >= 11 is 0. The van der Waals surface area contributed by atoms with E-state index in [-0.39, 0.29) is 11.8 Å². The normalized spacial score (nSPS) is 15.3. The van der Waals surface area contributed by atoms with E-state index in [1.165, 1.54) is 6.07 Å². The Kier molecular flexibility index (Phi) is 3.62. The van der Waals surface area contributed by atoms with Crippen LogP contribution in [-0.2, 0) is 16.0 Å². The van der Waals surface area contributed by atoms with Crippen molar-refractivity contribution in [3.05, 3.63) is 40.2 Å². The molecule has 1 saturated heterocycles. The lowest BCUT2D eigenvalue weighted by atomic mass is 10.1. The summed E-state index contributed by atoms with van der Waals surface area (Å²) in [5, 5.41) is 9.48. The third-order valence-corrected chi connectivity index (χ3v) is 3.59. The maximum Gasteiger partial charge on any atom is 0.309 e. The van der Waals surface area contributed by atoms with E-state index in [1.54, 1.807) is 6.07 Å². The summed E-state index contributed by atoms with van der Waals surface area (Å²) in [5.41, 5.74) is 1.87. The van der Waals surface area contributed by atoms with Gasteiger partial charge < -0.3 is 19.7 Å². The highest BCUT2D eigenvalue weighted by atomic mass is 16.5. The molecule has 0 atom stereocenters. The second-order valence-electron chi connectivity index (χ2n) is 5.03. The van der Waals surface area contributed by atoms with Crippen molar-refractivity contribution in [2.24, 2.45) is 0 Å². The first-order chi connectivity index (χ1) is 10.1. The molecule has 1 aliphatic rings. The summed E-state index contributed by atoms with van der Waals surface area (Å²) in [6, 6.07) is 6.90. The van der Waals surface area contributed by atoms with Crippen LogP contribution in [0.4, 0.5) is 5.69 Å². The van der Waals surface area contributed by atoms with Gasteiger partial charge in [-0.25, -0.2) is 0 Å². The zero-order valence-corrected chi connectivity index (χ0v) is 11.5. The molecule has 0 radical (unpaired) electrons. The van der Waals surface area contributed by atoms with Crippen molar-refractivity contribution >= 4 is 22.6 Å². The van der Waals surface area contributed by atoms with Crippen LogP contribution in [0.15, 0.2) is 29.1 Å². The van der Waals surface area contributed by atoms with Crippen molar-refractivity contribution in [1.29, 1.82) is 0 Å². The number of pyridine rings is 1. The zero-order valence-electron chi connectivity index (χ0n) is 11.5. The van der Waals surface area contributed by atoms with E-state index in [4.69, 9.17) is 9.84 Å². The Hall–Kier alpha value is -2.34. The van der Waals surface area contributed by atoms with Crippen LogP contribution >= 0.6 is 0 Å². The van der Waals surface area contributed by atoms with Gasteiger partial charge in [0.25, 0.3) is 0 Å². The molecule has 0 spiro atoms. The summed E-state index contributed by atoms with van der Waals surface area (Å²) in [4.78, 5) is 28.3. The number of carboxylic acids is 1. The van der Waals surface area contributed by atoms with Gasteiger partial charge in [-0.2, -0.15) is 0 Å². The number of morpholine rings is 1. The first kappa shape index (κ1) is 13.6. The molecule has 0 aliphatic carbocycles. The van der Waals surface area contributed by atoms with Crippen LogP contribution in [-0.4, -0.2) is 42.4 Å². The minimum absolute atomic E-state index is 0.157. The number of nitrogens with zero attached hydrogens (tertiary/aromatic N) is 1. The Morgan fingerprint density at radius 2 is 2.10 bits per heavy atom. The van der Waals surface area contributed by atoms with Crippen molar-refractivity contribution in [1.82, 2.24) is 4.98 Å².